The molecule has 0 amide bonds. The zero-order valence-electron chi connectivity index (χ0n) is 6.81. The molecule has 0 fully saturated rings. The smallest absolute Gasteiger partial charge is 0.129 e. The zero-order chi connectivity index (χ0) is 8.55. The maximum absolute atomic E-state index is 5.79. The van der Waals surface area contributed by atoms with Gasteiger partial charge in [0.05, 0.1) is 0 Å². The van der Waals surface area contributed by atoms with Gasteiger partial charge in [-0.15, -0.1) is 0 Å². The summed E-state index contributed by atoms with van der Waals surface area (Å²) in [7, 11) is 0. The van der Waals surface area contributed by atoms with Gasteiger partial charge < -0.3 is 0 Å². The van der Waals surface area contributed by atoms with Crippen LogP contribution in [0.25, 0.3) is 5.57 Å². The Morgan fingerprint density at radius 2 is 2.25 bits per heavy atom. The molecule has 0 saturated heterocycles. The van der Waals surface area contributed by atoms with Gasteiger partial charge in [0.15, 0.2) is 0 Å². The van der Waals surface area contributed by atoms with Crippen molar-refractivity contribution in [3.8, 4) is 0 Å². The Labute approximate surface area is 77.1 Å². The van der Waals surface area contributed by atoms with Gasteiger partial charge in [-0.05, 0) is 42.0 Å². The lowest BCUT2D eigenvalue weighted by Crippen LogP contribution is -2.01. The molecule has 62 valence electrons. The maximum atomic E-state index is 5.79. The van der Waals surface area contributed by atoms with Gasteiger partial charge in [0, 0.05) is 6.20 Å². The second kappa shape index (κ2) is 2.91. The molecule has 0 atom stereocenters. The van der Waals surface area contributed by atoms with Crippen molar-refractivity contribution in [2.24, 2.45) is 0 Å². The third-order valence-electron chi connectivity index (χ3n) is 2.26. The number of rotatable bonds is 0. The van der Waals surface area contributed by atoms with E-state index in [1.807, 2.05) is 12.3 Å². The predicted molar refractivity (Wildman–Crippen MR) is 51.2 cm³/mol. The minimum absolute atomic E-state index is 0.566. The Kier molecular flexibility index (Phi) is 1.89. The van der Waals surface area contributed by atoms with Crippen molar-refractivity contribution in [3.05, 3.63) is 35.1 Å². The third kappa shape index (κ3) is 1.25. The first-order valence-electron chi connectivity index (χ1n) is 4.10. The summed E-state index contributed by atoms with van der Waals surface area (Å²) in [5.41, 5.74) is 3.69. The van der Waals surface area contributed by atoms with E-state index in [9.17, 15) is 0 Å². The van der Waals surface area contributed by atoms with E-state index in [4.69, 9.17) is 11.6 Å². The van der Waals surface area contributed by atoms with E-state index in [0.29, 0.717) is 5.15 Å². The SMILES string of the molecule is C=C1CCCc2cnc(Cl)cc21. The molecular weight excluding hydrogens is 170 g/mol. The summed E-state index contributed by atoms with van der Waals surface area (Å²) in [6.07, 6.45) is 5.25. The minimum Gasteiger partial charge on any atom is -0.244 e. The first kappa shape index (κ1) is 7.81. The quantitative estimate of drug-likeness (QED) is 0.558. The van der Waals surface area contributed by atoms with E-state index in [2.05, 4.69) is 11.6 Å². The van der Waals surface area contributed by atoms with Crippen LogP contribution in [-0.2, 0) is 6.42 Å². The Hall–Kier alpha value is -0.820. The van der Waals surface area contributed by atoms with Crippen molar-refractivity contribution in [3.63, 3.8) is 0 Å². The number of aromatic nitrogens is 1. The van der Waals surface area contributed by atoms with Crippen LogP contribution in [0.4, 0.5) is 0 Å². The summed E-state index contributed by atoms with van der Waals surface area (Å²) >= 11 is 5.79. The van der Waals surface area contributed by atoms with Gasteiger partial charge >= 0.3 is 0 Å². The number of halogens is 1. The Bertz CT molecular complexity index is 331. The van der Waals surface area contributed by atoms with Gasteiger partial charge in [-0.2, -0.15) is 0 Å². The molecular formula is C10H10ClN. The van der Waals surface area contributed by atoms with Crippen LogP contribution in [0.3, 0.4) is 0 Å². The van der Waals surface area contributed by atoms with Crippen LogP contribution in [0.15, 0.2) is 18.8 Å². The summed E-state index contributed by atoms with van der Waals surface area (Å²) in [5, 5.41) is 0.566. The lowest BCUT2D eigenvalue weighted by atomic mass is 9.90. The van der Waals surface area contributed by atoms with Crippen LogP contribution in [-0.4, -0.2) is 4.98 Å². The van der Waals surface area contributed by atoms with E-state index in [-0.39, 0.29) is 0 Å². The predicted octanol–water partition coefficient (Wildman–Crippen LogP) is 3.08. The van der Waals surface area contributed by atoms with Crippen molar-refractivity contribution in [2.75, 3.05) is 0 Å². The summed E-state index contributed by atoms with van der Waals surface area (Å²) in [4.78, 5) is 4.05. The number of hydrogen-bond donors (Lipinski definition) is 0. The fourth-order valence-electron chi connectivity index (χ4n) is 1.61. The Morgan fingerprint density at radius 1 is 1.42 bits per heavy atom. The van der Waals surface area contributed by atoms with E-state index in [0.717, 1.165) is 12.8 Å². The molecule has 2 rings (SSSR count). The number of fused-ring (bicyclic) bond motifs is 1. The van der Waals surface area contributed by atoms with Crippen molar-refractivity contribution in [1.29, 1.82) is 0 Å². The topological polar surface area (TPSA) is 12.9 Å². The fourth-order valence-corrected chi connectivity index (χ4v) is 1.77. The number of allylic oxidation sites excluding steroid dienone is 1. The Balaban J connectivity index is 2.54. The van der Waals surface area contributed by atoms with Crippen LogP contribution < -0.4 is 0 Å². The molecule has 0 radical (unpaired) electrons. The van der Waals surface area contributed by atoms with Gasteiger partial charge in [-0.3, -0.25) is 0 Å². The highest BCUT2D eigenvalue weighted by Crippen LogP contribution is 2.29. The number of aryl methyl sites for hydroxylation is 1. The second-order valence-corrected chi connectivity index (χ2v) is 3.51. The summed E-state index contributed by atoms with van der Waals surface area (Å²) < 4.78 is 0. The molecule has 1 heterocycles. The normalized spacial score (nSPS) is 15.9. The van der Waals surface area contributed by atoms with E-state index >= 15 is 0 Å². The molecule has 1 aromatic rings. The van der Waals surface area contributed by atoms with Crippen LogP contribution in [0.1, 0.15) is 24.0 Å². The lowest BCUT2D eigenvalue weighted by molar-refractivity contribution is 0.818. The lowest BCUT2D eigenvalue weighted by Gasteiger charge is -2.17. The molecule has 1 aromatic heterocycles. The zero-order valence-corrected chi connectivity index (χ0v) is 7.56. The van der Waals surface area contributed by atoms with Crippen LogP contribution >= 0.6 is 11.6 Å². The van der Waals surface area contributed by atoms with Gasteiger partial charge in [-0.25, -0.2) is 4.98 Å². The van der Waals surface area contributed by atoms with Gasteiger partial charge in [0.2, 0.25) is 0 Å². The van der Waals surface area contributed by atoms with Crippen LogP contribution in [0.5, 0.6) is 0 Å². The number of hydrogen-bond acceptors (Lipinski definition) is 1. The molecule has 0 unspecified atom stereocenters. The molecule has 12 heavy (non-hydrogen) atoms. The molecule has 1 nitrogen and oxygen atoms in total. The third-order valence-corrected chi connectivity index (χ3v) is 2.47. The number of pyridine rings is 1. The molecule has 0 aromatic carbocycles. The second-order valence-electron chi connectivity index (χ2n) is 3.12. The standard InChI is InChI=1S/C10H10ClN/c1-7-3-2-4-8-6-12-10(11)5-9(7)8/h5-6H,1-4H2. The van der Waals surface area contributed by atoms with Crippen molar-refractivity contribution in [1.82, 2.24) is 4.98 Å². The average molecular weight is 180 g/mol. The van der Waals surface area contributed by atoms with Crippen LogP contribution in [0, 0.1) is 0 Å². The first-order valence-corrected chi connectivity index (χ1v) is 4.48. The molecule has 0 N–H and O–H groups in total. The van der Waals surface area contributed by atoms with Crippen LogP contribution in [0.2, 0.25) is 5.15 Å². The van der Waals surface area contributed by atoms with Gasteiger partial charge in [0.1, 0.15) is 5.15 Å². The van der Waals surface area contributed by atoms with Crippen molar-refractivity contribution < 1.29 is 0 Å². The Morgan fingerprint density at radius 3 is 3.08 bits per heavy atom. The molecule has 0 saturated carbocycles. The largest absolute Gasteiger partial charge is 0.244 e. The molecule has 1 aliphatic carbocycles. The highest BCUT2D eigenvalue weighted by molar-refractivity contribution is 6.29. The molecule has 0 bridgehead atoms. The van der Waals surface area contributed by atoms with Gasteiger partial charge in [0.25, 0.3) is 0 Å². The minimum atomic E-state index is 0.566. The monoisotopic (exact) mass is 179 g/mol. The van der Waals surface area contributed by atoms with E-state index < -0.39 is 0 Å². The highest BCUT2D eigenvalue weighted by atomic mass is 35.5. The van der Waals surface area contributed by atoms with E-state index in [1.165, 1.54) is 23.1 Å². The average Bonchev–Trinajstić information content (AvgIpc) is 2.07. The van der Waals surface area contributed by atoms with Gasteiger partial charge in [-0.1, -0.05) is 18.2 Å². The summed E-state index contributed by atoms with van der Waals surface area (Å²) in [6.45, 7) is 4.01. The highest BCUT2D eigenvalue weighted by Gasteiger charge is 2.12. The fraction of sp³-hybridized carbons (Fsp3) is 0.300. The first-order chi connectivity index (χ1) is 5.77. The van der Waals surface area contributed by atoms with Crippen molar-refractivity contribution in [2.45, 2.75) is 19.3 Å². The maximum Gasteiger partial charge on any atom is 0.129 e. The summed E-state index contributed by atoms with van der Waals surface area (Å²) in [5.74, 6) is 0. The molecule has 1 aliphatic rings. The molecule has 0 spiro atoms. The van der Waals surface area contributed by atoms with E-state index in [1.54, 1.807) is 0 Å². The molecule has 2 heteroatoms. The van der Waals surface area contributed by atoms with Crippen molar-refractivity contribution >= 4 is 17.2 Å². The molecule has 0 aliphatic heterocycles. The number of nitrogens with zero attached hydrogens (tertiary/aromatic N) is 1. The summed E-state index contributed by atoms with van der Waals surface area (Å²) in [6, 6.07) is 1.92.